The minimum absolute atomic E-state index is 0.0475. The van der Waals surface area contributed by atoms with Crippen LogP contribution in [0.4, 0.5) is 13.2 Å². The molecule has 0 spiro atoms. The monoisotopic (exact) mass is 1700 g/mol. The van der Waals surface area contributed by atoms with Gasteiger partial charge in [-0.15, -0.1) is 13.2 Å². The van der Waals surface area contributed by atoms with Crippen LogP contribution in [0, 0.1) is 43.3 Å². The maximum atomic E-state index is 13.4. The highest BCUT2D eigenvalue weighted by molar-refractivity contribution is 5.98. The van der Waals surface area contributed by atoms with Gasteiger partial charge in [0.25, 0.3) is 5.91 Å². The summed E-state index contributed by atoms with van der Waals surface area (Å²) in [5, 5.41) is 0. The van der Waals surface area contributed by atoms with E-state index in [1.54, 1.807) is 77.1 Å². The second kappa shape index (κ2) is 49.2. The molecule has 1 unspecified atom stereocenters. The third-order valence-corrected chi connectivity index (χ3v) is 22.8. The number of amides is 4. The van der Waals surface area contributed by atoms with Gasteiger partial charge in [-0.25, -0.2) is 4.90 Å². The Labute approximate surface area is 745 Å². The lowest BCUT2D eigenvalue weighted by Gasteiger charge is -2.33. The third-order valence-electron chi connectivity index (χ3n) is 22.8. The number of ketones is 3. The molecule has 1 heterocycles. The molecule has 0 bridgehead atoms. The Balaban J connectivity index is 0.000000821. The number of rotatable bonds is 26. The number of hydrogen-bond acceptors (Lipinski definition) is 7. The van der Waals surface area contributed by atoms with Crippen LogP contribution in [-0.2, 0) is 33.6 Å². The zero-order valence-electron chi connectivity index (χ0n) is 83.3. The van der Waals surface area contributed by atoms with Crippen LogP contribution in [0.25, 0.3) is 0 Å². The number of Topliss-reactive ketones (excluding diaryl/α,β-unsaturated/α-hetero) is 3. The summed E-state index contributed by atoms with van der Waals surface area (Å²) in [6.07, 6.45) is 52.9. The van der Waals surface area contributed by atoms with Crippen LogP contribution >= 0.6 is 0 Å². The van der Waals surface area contributed by atoms with E-state index < -0.39 is 35.0 Å². The van der Waals surface area contributed by atoms with Crippen molar-refractivity contribution in [2.45, 2.75) is 312 Å². The second-order valence-corrected chi connectivity index (χ2v) is 41.9. The highest BCUT2D eigenvalue weighted by Gasteiger charge is 2.43. The van der Waals surface area contributed by atoms with Gasteiger partial charge in [0.05, 0.1) is 25.7 Å². The zero-order valence-corrected chi connectivity index (χ0v) is 83.3. The fourth-order valence-corrected chi connectivity index (χ4v) is 14.7. The molecule has 682 valence electrons. The van der Waals surface area contributed by atoms with Crippen molar-refractivity contribution in [1.82, 2.24) is 19.6 Å². The van der Waals surface area contributed by atoms with Gasteiger partial charge in [0.15, 0.2) is 17.3 Å². The quantitative estimate of drug-likeness (QED) is 0.0364. The van der Waals surface area contributed by atoms with Gasteiger partial charge in [-0.3, -0.25) is 33.6 Å². The number of alkyl halides is 3. The molecule has 0 aromatic heterocycles. The molecule has 123 heavy (non-hydrogen) atoms. The predicted octanol–water partition coefficient (Wildman–Crippen LogP) is 28.2. The summed E-state index contributed by atoms with van der Waals surface area (Å²) < 4.78 is 40.3. The first-order chi connectivity index (χ1) is 56.1. The number of likely N-dealkylation sites (N-methyl/N-ethyl adjacent to an activating group) is 2. The molecule has 1 fully saturated rings. The van der Waals surface area contributed by atoms with Crippen molar-refractivity contribution in [3.63, 3.8) is 0 Å². The van der Waals surface area contributed by atoms with Crippen molar-refractivity contribution in [3.05, 3.63) is 247 Å². The molecule has 1 aliphatic heterocycles. The molecule has 0 radical (unpaired) electrons. The average molecular weight is 1700 g/mol. The number of carbonyl (C=O) groups excluding carboxylic acids is 7. The Kier molecular flexibility index (Phi) is 44.9. The van der Waals surface area contributed by atoms with Crippen molar-refractivity contribution in [2.24, 2.45) is 43.3 Å². The molecule has 3 aliphatic carbocycles. The number of hydrogen-bond donors (Lipinski definition) is 0. The minimum atomic E-state index is -4.77. The van der Waals surface area contributed by atoms with Crippen LogP contribution in [0.5, 0.6) is 0 Å². The number of halogens is 3. The van der Waals surface area contributed by atoms with Crippen molar-refractivity contribution >= 4 is 41.0 Å². The highest BCUT2D eigenvalue weighted by atomic mass is 19.4. The van der Waals surface area contributed by atoms with Gasteiger partial charge in [-0.2, -0.15) is 0 Å². The summed E-state index contributed by atoms with van der Waals surface area (Å²) in [7, 11) is 3.32. The topological polar surface area (TPSA) is 132 Å². The zero-order chi connectivity index (χ0) is 95.1. The lowest BCUT2D eigenvalue weighted by molar-refractivity contribution is -0.236. The van der Waals surface area contributed by atoms with Crippen LogP contribution < -0.4 is 0 Å². The molecular weight excluding hydrogens is 1530 g/mol. The molecule has 0 saturated carbocycles. The lowest BCUT2D eigenvalue weighted by Crippen LogP contribution is -2.45. The van der Waals surface area contributed by atoms with Crippen LogP contribution in [0.1, 0.15) is 300 Å². The second-order valence-electron chi connectivity index (χ2n) is 41.9. The molecule has 4 rings (SSSR count). The van der Waals surface area contributed by atoms with E-state index >= 15 is 0 Å². The van der Waals surface area contributed by atoms with Crippen molar-refractivity contribution in [3.8, 4) is 0 Å². The Morgan fingerprint density at radius 3 is 1.00 bits per heavy atom. The van der Waals surface area contributed by atoms with Crippen LogP contribution in [0.2, 0.25) is 0 Å². The molecule has 14 heteroatoms. The Morgan fingerprint density at radius 2 is 0.724 bits per heavy atom. The van der Waals surface area contributed by atoms with Crippen molar-refractivity contribution in [1.29, 1.82) is 0 Å². The number of likely N-dealkylation sites (tertiary alicyclic amines) is 1. The van der Waals surface area contributed by atoms with E-state index in [0.29, 0.717) is 24.1 Å². The molecule has 0 N–H and O–H groups in total. The van der Waals surface area contributed by atoms with E-state index in [1.807, 2.05) is 139 Å². The Morgan fingerprint density at radius 1 is 0.415 bits per heavy atom. The summed E-state index contributed by atoms with van der Waals surface area (Å²) >= 11 is 0. The highest BCUT2D eigenvalue weighted by Crippen LogP contribution is 2.44. The number of allylic oxidation sites excluding steroid dienone is 36. The maximum Gasteiger partial charge on any atom is 0.487 e. The normalized spacial score (nSPS) is 18.6. The van der Waals surface area contributed by atoms with E-state index in [1.165, 1.54) is 117 Å². The van der Waals surface area contributed by atoms with Crippen molar-refractivity contribution < 1.29 is 46.7 Å². The molecule has 1 saturated heterocycles. The van der Waals surface area contributed by atoms with Crippen LogP contribution in [0.15, 0.2) is 247 Å². The summed E-state index contributed by atoms with van der Waals surface area (Å²) in [4.78, 5) is 90.7. The summed E-state index contributed by atoms with van der Waals surface area (Å²) in [5.41, 5.74) is 18.4. The van der Waals surface area contributed by atoms with Crippen LogP contribution in [0.3, 0.4) is 0 Å². The fraction of sp³-hybridized carbons (Fsp3) is 0.550. The molecule has 11 nitrogen and oxygen atoms in total. The van der Waals surface area contributed by atoms with E-state index in [-0.39, 0.29) is 86.2 Å². The molecule has 1 atom stereocenters. The summed E-state index contributed by atoms with van der Waals surface area (Å²) in [6, 6.07) is -0.331. The number of nitrogens with zero attached hydrogens (tertiary/aromatic N) is 4. The van der Waals surface area contributed by atoms with Crippen molar-refractivity contribution in [2.75, 3.05) is 40.3 Å². The Bertz CT molecular complexity index is 4400. The summed E-state index contributed by atoms with van der Waals surface area (Å²) in [5.74, 6) is -1.23. The smallest absolute Gasteiger partial charge is 0.335 e. The molecule has 0 aromatic carbocycles. The van der Waals surface area contributed by atoms with E-state index in [0.717, 1.165) is 40.4 Å². The fourth-order valence-electron chi connectivity index (χ4n) is 14.7. The van der Waals surface area contributed by atoms with Gasteiger partial charge < -0.3 is 14.7 Å². The van der Waals surface area contributed by atoms with Gasteiger partial charge in [0.1, 0.15) is 0 Å². The van der Waals surface area contributed by atoms with Gasteiger partial charge in [0.2, 0.25) is 17.7 Å². The average Bonchev–Trinajstić information content (AvgIpc) is 1.47. The predicted molar refractivity (Wildman–Crippen MR) is 517 cm³/mol. The first kappa shape index (κ1) is 112. The third kappa shape index (κ3) is 41.7. The first-order valence-electron chi connectivity index (χ1n) is 44.2. The van der Waals surface area contributed by atoms with Gasteiger partial charge in [0, 0.05) is 62.2 Å². The lowest BCUT2D eigenvalue weighted by atomic mass is 9.72. The van der Waals surface area contributed by atoms with Gasteiger partial charge >= 0.3 is 6.30 Å². The largest absolute Gasteiger partial charge is 0.487 e. The van der Waals surface area contributed by atoms with Gasteiger partial charge in [-0.1, -0.05) is 324 Å². The van der Waals surface area contributed by atoms with Gasteiger partial charge in [-0.05, 0) is 225 Å². The van der Waals surface area contributed by atoms with E-state index in [9.17, 15) is 46.7 Å². The SMILES string of the molecule is C=C(CN(C(=O)/C=C(C)/C=C/C=C(C)\C=C\C1=C(C)CCCC1(C)C)C(F)(F)F)C(C)(C)C.CC(C)=C(/C=C/C(C)=C\C=C\C(C)=C\C(=O)N(C)CC(=O)C(C)(C)C)C(C)(C)C.CC1=C(/C=C/C(C)=C\C=C\C(C)=C\C(=O)N(C)CC(=O)C(C)(C)C)C(C)(C)CCC1.CC1=C(/C=C/C(C)=C\C=C\C(C)=C\C(=O)N2CCC(=O)C2C(C)(C)C)C(C)(C)CCC1. The molecule has 4 aliphatic rings. The first-order valence-corrected chi connectivity index (χ1v) is 44.2. The minimum Gasteiger partial charge on any atom is -0.335 e. The Hall–Kier alpha value is -8.78. The van der Waals surface area contributed by atoms with E-state index in [4.69, 9.17) is 0 Å². The number of carbonyl (C=O) groups is 7. The standard InChI is InChI=1S/C28H40F3NO.C28H41NO2.C27H41NO2.C26H41NO2/c1-20(15-16-24-22(3)14-11-17-27(24,8)9)12-10-13-21(2)18-25(33)32(28(29,30)31)19-23(4)26(5,6)7;1-20(14-15-23-22(3)13-10-17-28(23,7)8)11-9-12-21(2)19-25(31)29-18-16-24(30)26(29)27(4,5)6;1-20(15-16-23-22(3)14-11-17-27(23,7)8)12-10-13-21(2)18-25(30)28(9)19-24(29)26(4,5)6;1-19(2)22(25(5,6)7)16-15-20(3)13-12-14-21(4)17-24(29)27(11)18-23(28)26(8,9)10/h10,12-13,15-16,18H,4,11,14,17,19H2,1-3,5-9H3;9,11-12,14-15,19,26H,10,13,16-18H2,1-8H3;10,12-13,15-16,18H,11,14,17,19H2,1-9H3;12-17H,18H2,1-11H3/b13-10+,16-15+,20-12-,21-18+;12-9+,15-14+,20-11-,21-19+;13-10+,16-15+,20-12-,21-18+;14-12+,16-15+,20-13-,21-17+. The summed E-state index contributed by atoms with van der Waals surface area (Å²) in [6.45, 7) is 73.5. The molecular formula is C109H163F3N4O7. The molecule has 0 aromatic rings. The maximum absolute atomic E-state index is 13.4. The van der Waals surface area contributed by atoms with Crippen LogP contribution in [-0.4, -0.2) is 113 Å². The molecule has 4 amide bonds. The van der Waals surface area contributed by atoms with E-state index in [2.05, 4.69) is 185 Å².